The lowest BCUT2D eigenvalue weighted by atomic mass is 9.49. The Morgan fingerprint density at radius 2 is 1.74 bits per heavy atom. The second-order valence-corrected chi connectivity index (χ2v) is 18.2. The van der Waals surface area contributed by atoms with Crippen molar-refractivity contribution in [2.45, 2.75) is 158 Å². The van der Waals surface area contributed by atoms with E-state index in [4.69, 9.17) is 14.2 Å². The first-order chi connectivity index (χ1) is 23.1. The first kappa shape index (κ1) is 36.9. The maximum atomic E-state index is 13.5. The first-order valence-electron chi connectivity index (χ1n) is 18.9. The summed E-state index contributed by atoms with van der Waals surface area (Å²) >= 11 is 0. The van der Waals surface area contributed by atoms with Gasteiger partial charge in [-0.3, -0.25) is 9.69 Å². The SMILES string of the molecule is CC[C@H](C)C(=O)O[C@H]1[C@H](O)[C@@H]2[C@H](CN3C[C@@H](C)CC[C@@H]3[C@@]2(C)O)[C@@H]2C[C@]34O[C@]5(O)[C@H](OC(=O)[C@](C)(O)[C@H](C)O)CC[C@@]3(C)[C@H]5C[C@@H](O)[C@H]4[C@@]21O. The molecule has 7 rings (SSSR count). The zero-order valence-electron chi connectivity index (χ0n) is 30.5. The number of carbonyl (C=O) groups excluding carboxylic acids is 2. The summed E-state index contributed by atoms with van der Waals surface area (Å²) in [7, 11) is 0. The molecular weight excluding hydrogens is 650 g/mol. The molecule has 3 heterocycles. The van der Waals surface area contributed by atoms with Crippen molar-refractivity contribution < 1.29 is 59.5 Å². The molecule has 7 N–H and O–H groups in total. The summed E-state index contributed by atoms with van der Waals surface area (Å²) < 4.78 is 18.7. The van der Waals surface area contributed by atoms with Crippen LogP contribution in [0.15, 0.2) is 0 Å². The molecule has 19 atom stereocenters. The van der Waals surface area contributed by atoms with E-state index in [1.54, 1.807) is 13.8 Å². The van der Waals surface area contributed by atoms with E-state index in [0.29, 0.717) is 25.3 Å². The van der Waals surface area contributed by atoms with Crippen molar-refractivity contribution in [3.63, 3.8) is 0 Å². The first-order valence-corrected chi connectivity index (χ1v) is 18.9. The molecule has 50 heavy (non-hydrogen) atoms. The monoisotopic (exact) mass is 709 g/mol. The molecule has 1 spiro atoms. The minimum atomic E-state index is -2.25. The Bertz CT molecular complexity index is 1390. The van der Waals surface area contributed by atoms with Crippen LogP contribution in [0.25, 0.3) is 0 Å². The van der Waals surface area contributed by atoms with Crippen LogP contribution in [-0.2, 0) is 23.8 Å². The van der Waals surface area contributed by atoms with Crippen molar-refractivity contribution in [2.75, 3.05) is 13.1 Å². The number of hydrogen-bond donors (Lipinski definition) is 7. The quantitative estimate of drug-likeness (QED) is 0.188. The highest BCUT2D eigenvalue weighted by atomic mass is 16.7. The van der Waals surface area contributed by atoms with Gasteiger partial charge in [0.2, 0.25) is 5.79 Å². The molecule has 0 aromatic carbocycles. The minimum absolute atomic E-state index is 0.0328. The number of nitrogens with zero attached hydrogens (tertiary/aromatic N) is 1. The average Bonchev–Trinajstić information content (AvgIpc) is 3.31. The highest BCUT2D eigenvalue weighted by Gasteiger charge is 2.87. The summed E-state index contributed by atoms with van der Waals surface area (Å²) in [5, 5.41) is 83.5. The molecule has 4 saturated carbocycles. The van der Waals surface area contributed by atoms with E-state index in [0.717, 1.165) is 26.3 Å². The second-order valence-electron chi connectivity index (χ2n) is 18.2. The second kappa shape index (κ2) is 11.5. The van der Waals surface area contributed by atoms with Crippen molar-refractivity contribution in [2.24, 2.45) is 46.8 Å². The summed E-state index contributed by atoms with van der Waals surface area (Å²) in [5.41, 5.74) is -7.89. The minimum Gasteiger partial charge on any atom is -0.456 e. The maximum Gasteiger partial charge on any atom is 0.341 e. The van der Waals surface area contributed by atoms with Gasteiger partial charge in [-0.1, -0.05) is 27.7 Å². The van der Waals surface area contributed by atoms with Crippen molar-refractivity contribution in [3.8, 4) is 0 Å². The van der Waals surface area contributed by atoms with Crippen molar-refractivity contribution in [1.82, 2.24) is 4.90 Å². The van der Waals surface area contributed by atoms with Crippen LogP contribution < -0.4 is 0 Å². The molecule has 284 valence electrons. The van der Waals surface area contributed by atoms with Gasteiger partial charge >= 0.3 is 11.9 Å². The van der Waals surface area contributed by atoms with Gasteiger partial charge in [0.25, 0.3) is 0 Å². The number of aliphatic hydroxyl groups excluding tert-OH is 3. The van der Waals surface area contributed by atoms with E-state index in [1.165, 1.54) is 6.92 Å². The fraction of sp³-hybridized carbons (Fsp3) is 0.946. The molecule has 3 aliphatic heterocycles. The molecule has 4 bridgehead atoms. The van der Waals surface area contributed by atoms with Crippen LogP contribution in [0.5, 0.6) is 0 Å². The topological polar surface area (TPSA) is 207 Å². The molecule has 4 aliphatic carbocycles. The molecular formula is C37H59NO12. The molecule has 13 heteroatoms. The van der Waals surface area contributed by atoms with Crippen LogP contribution in [0, 0.1) is 46.8 Å². The Morgan fingerprint density at radius 3 is 2.38 bits per heavy atom. The molecule has 0 aromatic heterocycles. The number of carbonyl (C=O) groups is 2. The molecule has 13 nitrogen and oxygen atoms in total. The van der Waals surface area contributed by atoms with Crippen LogP contribution in [0.4, 0.5) is 0 Å². The normalized spacial score (nSPS) is 54.6. The van der Waals surface area contributed by atoms with E-state index in [1.807, 2.05) is 13.8 Å². The van der Waals surface area contributed by atoms with E-state index >= 15 is 0 Å². The maximum absolute atomic E-state index is 13.5. The van der Waals surface area contributed by atoms with Gasteiger partial charge in [-0.2, -0.15) is 0 Å². The highest BCUT2D eigenvalue weighted by Crippen LogP contribution is 2.77. The Labute approximate surface area is 294 Å². The van der Waals surface area contributed by atoms with Crippen LogP contribution in [0.2, 0.25) is 0 Å². The number of esters is 2. The van der Waals surface area contributed by atoms with E-state index in [9.17, 15) is 45.3 Å². The Morgan fingerprint density at radius 1 is 1.06 bits per heavy atom. The number of rotatable bonds is 6. The fourth-order valence-corrected chi connectivity index (χ4v) is 12.5. The van der Waals surface area contributed by atoms with Crippen molar-refractivity contribution >= 4 is 11.9 Å². The van der Waals surface area contributed by atoms with Crippen LogP contribution in [-0.4, -0.2) is 130 Å². The predicted molar refractivity (Wildman–Crippen MR) is 176 cm³/mol. The number of fused-ring (bicyclic) bond motifs is 5. The zero-order valence-corrected chi connectivity index (χ0v) is 30.5. The summed E-state index contributed by atoms with van der Waals surface area (Å²) in [6.07, 6.45) is -4.15. The van der Waals surface area contributed by atoms with Gasteiger partial charge in [-0.05, 0) is 83.5 Å². The summed E-state index contributed by atoms with van der Waals surface area (Å²) in [4.78, 5) is 28.9. The van der Waals surface area contributed by atoms with Crippen LogP contribution >= 0.6 is 0 Å². The van der Waals surface area contributed by atoms with Crippen LogP contribution in [0.3, 0.4) is 0 Å². The summed E-state index contributed by atoms with van der Waals surface area (Å²) in [6.45, 7) is 13.1. The van der Waals surface area contributed by atoms with E-state index < -0.39 is 112 Å². The van der Waals surface area contributed by atoms with Gasteiger partial charge in [0.15, 0.2) is 17.8 Å². The third-order valence-electron chi connectivity index (χ3n) is 15.5. The molecule has 7 fully saturated rings. The van der Waals surface area contributed by atoms with Gasteiger partial charge < -0.3 is 50.0 Å². The van der Waals surface area contributed by atoms with Crippen LogP contribution in [0.1, 0.15) is 93.4 Å². The number of ether oxygens (including phenoxy) is 3. The van der Waals surface area contributed by atoms with E-state index in [2.05, 4.69) is 11.8 Å². The zero-order chi connectivity index (χ0) is 36.7. The standard InChI is InChI=1S/C37H59NO12/c1-8-18(3)30(42)49-29-27(41)26-20(16-38-15-17(2)9-10-24(38)34(26,7)45)21-14-35-28(36(21,29)46)22(40)13-23-32(35,5)12-11-25(37(23,47)50-35)48-31(43)33(6,44)19(4)39/h17-29,39-41,44-47H,8-16H2,1-7H3/t17-,18-,19-,20+,21-,22+,23+,24+,25+,26-,27+,28+,29-,32-,33+,34+,35+,36-,37-/m0/s1. The van der Waals surface area contributed by atoms with Gasteiger partial charge in [0.1, 0.15) is 5.60 Å². The third-order valence-corrected chi connectivity index (χ3v) is 15.5. The molecule has 0 aromatic rings. The Kier molecular flexibility index (Phi) is 8.52. The molecule has 0 amide bonds. The Hall–Kier alpha value is -1.42. The lowest BCUT2D eigenvalue weighted by Gasteiger charge is -2.64. The van der Waals surface area contributed by atoms with Gasteiger partial charge in [-0.15, -0.1) is 0 Å². The van der Waals surface area contributed by atoms with E-state index in [-0.39, 0.29) is 25.3 Å². The average molecular weight is 710 g/mol. The Balaban J connectivity index is 1.34. The number of aliphatic hydroxyl groups is 7. The molecule has 0 radical (unpaired) electrons. The largest absolute Gasteiger partial charge is 0.456 e. The number of piperidine rings is 2. The fourth-order valence-electron chi connectivity index (χ4n) is 12.5. The smallest absolute Gasteiger partial charge is 0.341 e. The molecule has 0 unspecified atom stereocenters. The van der Waals surface area contributed by atoms with Gasteiger partial charge in [0, 0.05) is 42.3 Å². The van der Waals surface area contributed by atoms with Crippen molar-refractivity contribution in [1.29, 1.82) is 0 Å². The van der Waals surface area contributed by atoms with Gasteiger partial charge in [-0.25, -0.2) is 4.79 Å². The highest BCUT2D eigenvalue weighted by molar-refractivity contribution is 5.79. The summed E-state index contributed by atoms with van der Waals surface area (Å²) in [6, 6.07) is -0.238. The lowest BCUT2D eigenvalue weighted by Crippen LogP contribution is -2.77. The predicted octanol–water partition coefficient (Wildman–Crippen LogP) is 0.466. The number of hydrogen-bond acceptors (Lipinski definition) is 13. The lowest BCUT2D eigenvalue weighted by molar-refractivity contribution is -0.300. The third kappa shape index (κ3) is 4.57. The van der Waals surface area contributed by atoms with Crippen molar-refractivity contribution in [3.05, 3.63) is 0 Å². The molecule has 3 saturated heterocycles. The van der Waals surface area contributed by atoms with Gasteiger partial charge in [0.05, 0.1) is 35.4 Å². The summed E-state index contributed by atoms with van der Waals surface area (Å²) in [5.74, 6) is -7.78. The molecule has 7 aliphatic rings.